The summed E-state index contributed by atoms with van der Waals surface area (Å²) in [4.78, 5) is 27.7. The molecule has 126 valence electrons. The van der Waals surface area contributed by atoms with Gasteiger partial charge in [-0.05, 0) is 31.9 Å². The second kappa shape index (κ2) is 7.85. The van der Waals surface area contributed by atoms with Gasteiger partial charge in [-0.1, -0.05) is 12.1 Å². The van der Waals surface area contributed by atoms with Gasteiger partial charge in [0.1, 0.15) is 0 Å². The Morgan fingerprint density at radius 1 is 1.30 bits per heavy atom. The zero-order valence-electron chi connectivity index (χ0n) is 14.0. The third-order valence-electron chi connectivity index (χ3n) is 4.30. The lowest BCUT2D eigenvalue weighted by Crippen LogP contribution is -2.45. The van der Waals surface area contributed by atoms with Gasteiger partial charge in [-0.3, -0.25) is 4.79 Å². The number of rotatable bonds is 4. The summed E-state index contributed by atoms with van der Waals surface area (Å²) in [6.45, 7) is 4.24. The third-order valence-corrected chi connectivity index (χ3v) is 4.30. The minimum Gasteiger partial charge on any atom is -0.453 e. The summed E-state index contributed by atoms with van der Waals surface area (Å²) in [7, 11) is 3.18. The molecular formula is C17H25N3O3. The number of nitrogens with one attached hydrogen (secondary N) is 1. The lowest BCUT2D eigenvalue weighted by molar-refractivity contribution is 0.0803. The van der Waals surface area contributed by atoms with Crippen LogP contribution in [0.1, 0.15) is 30.1 Å². The van der Waals surface area contributed by atoms with Crippen LogP contribution in [0.2, 0.25) is 0 Å². The van der Waals surface area contributed by atoms with Crippen LogP contribution in [0.15, 0.2) is 24.3 Å². The Bertz CT molecular complexity index is 554. The van der Waals surface area contributed by atoms with Gasteiger partial charge in [-0.2, -0.15) is 0 Å². The van der Waals surface area contributed by atoms with E-state index in [4.69, 9.17) is 0 Å². The number of methoxy groups -OCH3 is 1. The van der Waals surface area contributed by atoms with Crippen molar-refractivity contribution in [1.82, 2.24) is 10.2 Å². The Hall–Kier alpha value is -2.24. The molecule has 1 heterocycles. The maximum atomic E-state index is 12.5. The molecular weight excluding hydrogens is 294 g/mol. The first kappa shape index (κ1) is 17.1. The van der Waals surface area contributed by atoms with Crippen LogP contribution in [0.25, 0.3) is 0 Å². The van der Waals surface area contributed by atoms with Crippen molar-refractivity contribution in [2.75, 3.05) is 38.7 Å². The van der Waals surface area contributed by atoms with Crippen molar-refractivity contribution in [3.05, 3.63) is 29.8 Å². The average molecular weight is 319 g/mol. The Balaban J connectivity index is 2.06. The van der Waals surface area contributed by atoms with Crippen LogP contribution < -0.4 is 10.2 Å². The molecule has 2 amide bonds. The molecule has 1 aliphatic heterocycles. The molecule has 2 rings (SSSR count). The minimum absolute atomic E-state index is 0.0397. The molecule has 0 atom stereocenters. The van der Waals surface area contributed by atoms with Crippen molar-refractivity contribution in [2.45, 2.75) is 25.8 Å². The molecule has 6 nitrogen and oxygen atoms in total. The fourth-order valence-corrected chi connectivity index (χ4v) is 2.77. The van der Waals surface area contributed by atoms with Crippen molar-refractivity contribution in [2.24, 2.45) is 0 Å². The molecule has 1 fully saturated rings. The summed E-state index contributed by atoms with van der Waals surface area (Å²) in [5.41, 5.74) is 1.70. The van der Waals surface area contributed by atoms with Gasteiger partial charge in [-0.25, -0.2) is 4.79 Å². The molecule has 0 bridgehead atoms. The highest BCUT2D eigenvalue weighted by Crippen LogP contribution is 2.25. The van der Waals surface area contributed by atoms with Crippen molar-refractivity contribution in [1.29, 1.82) is 0 Å². The number of anilines is 1. The van der Waals surface area contributed by atoms with E-state index in [0.717, 1.165) is 37.2 Å². The predicted molar refractivity (Wildman–Crippen MR) is 89.9 cm³/mol. The van der Waals surface area contributed by atoms with Gasteiger partial charge < -0.3 is 19.9 Å². The van der Waals surface area contributed by atoms with Gasteiger partial charge in [0.25, 0.3) is 5.91 Å². The van der Waals surface area contributed by atoms with Crippen LogP contribution in [-0.4, -0.2) is 56.7 Å². The van der Waals surface area contributed by atoms with Crippen LogP contribution in [0.4, 0.5) is 10.5 Å². The highest BCUT2D eigenvalue weighted by molar-refractivity contribution is 5.99. The topological polar surface area (TPSA) is 61.9 Å². The quantitative estimate of drug-likeness (QED) is 0.923. The number of hydrogen-bond acceptors (Lipinski definition) is 4. The Morgan fingerprint density at radius 3 is 2.57 bits per heavy atom. The fraction of sp³-hybridized carbons (Fsp3) is 0.529. The van der Waals surface area contributed by atoms with Crippen LogP contribution in [-0.2, 0) is 4.74 Å². The summed E-state index contributed by atoms with van der Waals surface area (Å²) in [6, 6.07) is 7.84. The fourth-order valence-electron chi connectivity index (χ4n) is 2.77. The molecule has 1 N–H and O–H groups in total. The summed E-state index contributed by atoms with van der Waals surface area (Å²) < 4.78 is 4.64. The second-order valence-corrected chi connectivity index (χ2v) is 5.73. The van der Waals surface area contributed by atoms with Crippen LogP contribution in [0.3, 0.4) is 0 Å². The van der Waals surface area contributed by atoms with E-state index in [1.807, 2.05) is 38.2 Å². The lowest BCUT2D eigenvalue weighted by atomic mass is 10.0. The van der Waals surface area contributed by atoms with Crippen molar-refractivity contribution in [3.63, 3.8) is 0 Å². The van der Waals surface area contributed by atoms with E-state index in [1.54, 1.807) is 4.90 Å². The number of carbonyl (C=O) groups is 2. The van der Waals surface area contributed by atoms with Crippen LogP contribution >= 0.6 is 0 Å². The molecule has 0 aliphatic carbocycles. The minimum atomic E-state index is -0.386. The van der Waals surface area contributed by atoms with Gasteiger partial charge in [0.15, 0.2) is 0 Å². The highest BCUT2D eigenvalue weighted by Gasteiger charge is 2.24. The number of carbonyl (C=O) groups excluding carboxylic acids is 2. The molecule has 6 heteroatoms. The average Bonchev–Trinajstić information content (AvgIpc) is 2.61. The van der Waals surface area contributed by atoms with Gasteiger partial charge in [0, 0.05) is 38.4 Å². The van der Waals surface area contributed by atoms with Crippen molar-refractivity contribution >= 4 is 17.7 Å². The van der Waals surface area contributed by atoms with Gasteiger partial charge in [0.05, 0.1) is 12.7 Å². The van der Waals surface area contributed by atoms with Crippen LogP contribution in [0.5, 0.6) is 0 Å². The molecule has 0 saturated carbocycles. The number of para-hydroxylation sites is 1. The maximum Gasteiger partial charge on any atom is 0.407 e. The molecule has 0 radical (unpaired) electrons. The molecule has 0 unspecified atom stereocenters. The summed E-state index contributed by atoms with van der Waals surface area (Å²) in [5, 5.41) is 2.84. The molecule has 1 aromatic rings. The molecule has 1 aliphatic rings. The van der Waals surface area contributed by atoms with Gasteiger partial charge in [-0.15, -0.1) is 0 Å². The van der Waals surface area contributed by atoms with E-state index in [1.165, 1.54) is 7.11 Å². The molecule has 1 saturated heterocycles. The van der Waals surface area contributed by atoms with E-state index in [0.29, 0.717) is 6.54 Å². The molecule has 0 spiro atoms. The Morgan fingerprint density at radius 2 is 1.96 bits per heavy atom. The standard InChI is InChI=1S/C17H25N3O3/c1-4-19(2)16(21)14-7-5-6-8-15(14)20-11-9-13(10-12-20)18-17(22)23-3/h5-8,13H,4,9-12H2,1-3H3,(H,18,22). The zero-order valence-corrected chi connectivity index (χ0v) is 14.0. The second-order valence-electron chi connectivity index (χ2n) is 5.73. The largest absolute Gasteiger partial charge is 0.453 e. The number of piperidine rings is 1. The number of benzene rings is 1. The zero-order chi connectivity index (χ0) is 16.8. The van der Waals surface area contributed by atoms with E-state index in [-0.39, 0.29) is 18.0 Å². The van der Waals surface area contributed by atoms with Crippen LogP contribution in [0, 0.1) is 0 Å². The Kier molecular flexibility index (Phi) is 5.84. The SMILES string of the molecule is CCN(C)C(=O)c1ccccc1N1CCC(NC(=O)OC)CC1. The number of hydrogen-bond donors (Lipinski definition) is 1. The number of amides is 2. The smallest absolute Gasteiger partial charge is 0.407 e. The van der Waals surface area contributed by atoms with E-state index in [2.05, 4.69) is 15.0 Å². The first-order valence-electron chi connectivity index (χ1n) is 8.00. The van der Waals surface area contributed by atoms with E-state index in [9.17, 15) is 9.59 Å². The summed E-state index contributed by atoms with van der Waals surface area (Å²) in [6.07, 6.45) is 1.28. The van der Waals surface area contributed by atoms with Crippen molar-refractivity contribution in [3.8, 4) is 0 Å². The lowest BCUT2D eigenvalue weighted by Gasteiger charge is -2.35. The first-order valence-corrected chi connectivity index (χ1v) is 8.00. The number of alkyl carbamates (subject to hydrolysis) is 1. The summed E-state index contributed by atoms with van der Waals surface area (Å²) in [5.74, 6) is 0.0397. The van der Waals surface area contributed by atoms with Gasteiger partial charge in [0.2, 0.25) is 0 Å². The summed E-state index contributed by atoms with van der Waals surface area (Å²) >= 11 is 0. The monoisotopic (exact) mass is 319 g/mol. The molecule has 23 heavy (non-hydrogen) atoms. The third kappa shape index (κ3) is 4.15. The first-order chi connectivity index (χ1) is 11.1. The molecule has 1 aromatic carbocycles. The van der Waals surface area contributed by atoms with Gasteiger partial charge >= 0.3 is 6.09 Å². The number of nitrogens with zero attached hydrogens (tertiary/aromatic N) is 2. The molecule has 0 aromatic heterocycles. The highest BCUT2D eigenvalue weighted by atomic mass is 16.5. The normalized spacial score (nSPS) is 15.2. The predicted octanol–water partition coefficient (Wildman–Crippen LogP) is 2.10. The van der Waals surface area contributed by atoms with E-state index >= 15 is 0 Å². The Labute approximate surface area is 137 Å². The van der Waals surface area contributed by atoms with E-state index < -0.39 is 0 Å². The number of ether oxygens (including phenoxy) is 1. The maximum absolute atomic E-state index is 12.5. The van der Waals surface area contributed by atoms with Crippen molar-refractivity contribution < 1.29 is 14.3 Å².